The summed E-state index contributed by atoms with van der Waals surface area (Å²) in [5, 5.41) is 1.94. The van der Waals surface area contributed by atoms with Crippen molar-refractivity contribution in [2.75, 3.05) is 28.4 Å². The maximum absolute atomic E-state index is 6.05. The molecule has 0 unspecified atom stereocenters. The molecule has 2 heterocycles. The Bertz CT molecular complexity index is 1810. The van der Waals surface area contributed by atoms with E-state index in [0.717, 1.165) is 87.0 Å². The van der Waals surface area contributed by atoms with Crippen molar-refractivity contribution in [2.24, 2.45) is 0 Å². The second-order valence-electron chi connectivity index (χ2n) is 10.1. The SMILES string of the molecule is COc1cc(OC)c2c(-c3ccc(Br)cc3)c(C)[nH]c2c1-c1c(OC)cc(OC)c2c(-c3ccc(Br)cc3)c(C)[nH]c12. The van der Waals surface area contributed by atoms with Gasteiger partial charge in [-0.15, -0.1) is 0 Å². The van der Waals surface area contributed by atoms with Crippen LogP contribution in [0.4, 0.5) is 0 Å². The molecule has 0 radical (unpaired) electrons. The largest absolute Gasteiger partial charge is 0.496 e. The summed E-state index contributed by atoms with van der Waals surface area (Å²) < 4.78 is 26.1. The monoisotopic (exact) mass is 688 g/mol. The molecule has 0 saturated carbocycles. The van der Waals surface area contributed by atoms with Gasteiger partial charge in [-0.3, -0.25) is 0 Å². The zero-order valence-electron chi connectivity index (χ0n) is 24.2. The number of rotatable bonds is 7. The van der Waals surface area contributed by atoms with Crippen molar-refractivity contribution in [3.8, 4) is 56.4 Å². The number of fused-ring (bicyclic) bond motifs is 2. The Morgan fingerprint density at radius 1 is 0.476 bits per heavy atom. The van der Waals surface area contributed by atoms with E-state index in [2.05, 4.69) is 79.9 Å². The summed E-state index contributed by atoms with van der Waals surface area (Å²) in [5.41, 5.74) is 9.85. The number of aryl methyl sites for hydroxylation is 2. The van der Waals surface area contributed by atoms with E-state index in [1.165, 1.54) is 0 Å². The van der Waals surface area contributed by atoms with E-state index in [0.29, 0.717) is 11.5 Å². The number of methoxy groups -OCH3 is 4. The highest BCUT2D eigenvalue weighted by Crippen LogP contribution is 2.53. The van der Waals surface area contributed by atoms with Crippen LogP contribution in [0.15, 0.2) is 69.6 Å². The molecule has 6 rings (SSSR count). The van der Waals surface area contributed by atoms with Crippen LogP contribution in [0.3, 0.4) is 0 Å². The number of aromatic nitrogens is 2. The quantitative estimate of drug-likeness (QED) is 0.175. The predicted octanol–water partition coefficient (Wildman–Crippen LogP) is 9.83. The van der Waals surface area contributed by atoms with Crippen LogP contribution in [0.5, 0.6) is 23.0 Å². The Kier molecular flexibility index (Phi) is 7.45. The predicted molar refractivity (Wildman–Crippen MR) is 178 cm³/mol. The molecule has 42 heavy (non-hydrogen) atoms. The Balaban J connectivity index is 1.77. The van der Waals surface area contributed by atoms with Crippen molar-refractivity contribution in [1.82, 2.24) is 9.97 Å². The molecule has 0 spiro atoms. The minimum Gasteiger partial charge on any atom is -0.496 e. The number of halogens is 2. The molecule has 0 atom stereocenters. The molecule has 8 heteroatoms. The van der Waals surface area contributed by atoms with Gasteiger partial charge in [0.2, 0.25) is 0 Å². The maximum atomic E-state index is 6.05. The van der Waals surface area contributed by atoms with Gasteiger partial charge in [0.25, 0.3) is 0 Å². The van der Waals surface area contributed by atoms with Crippen molar-refractivity contribution in [3.05, 3.63) is 81.0 Å². The van der Waals surface area contributed by atoms with Crippen LogP contribution in [-0.4, -0.2) is 38.4 Å². The van der Waals surface area contributed by atoms with Gasteiger partial charge in [0.15, 0.2) is 0 Å². The fraction of sp³-hybridized carbons (Fsp3) is 0.176. The van der Waals surface area contributed by atoms with Gasteiger partial charge >= 0.3 is 0 Å². The van der Waals surface area contributed by atoms with Crippen molar-refractivity contribution >= 4 is 53.7 Å². The third kappa shape index (κ3) is 4.44. The fourth-order valence-corrected chi connectivity index (χ4v) is 6.51. The summed E-state index contributed by atoms with van der Waals surface area (Å²) >= 11 is 7.13. The number of ether oxygens (including phenoxy) is 4. The van der Waals surface area contributed by atoms with Crippen molar-refractivity contribution in [2.45, 2.75) is 13.8 Å². The zero-order chi connectivity index (χ0) is 29.7. The molecule has 0 bridgehead atoms. The highest BCUT2D eigenvalue weighted by Gasteiger charge is 2.29. The third-order valence-electron chi connectivity index (χ3n) is 7.78. The third-order valence-corrected chi connectivity index (χ3v) is 8.84. The zero-order valence-corrected chi connectivity index (χ0v) is 27.3. The second-order valence-corrected chi connectivity index (χ2v) is 11.9. The van der Waals surface area contributed by atoms with Gasteiger partial charge in [-0.05, 0) is 49.2 Å². The molecule has 6 aromatic rings. The van der Waals surface area contributed by atoms with E-state index in [-0.39, 0.29) is 0 Å². The lowest BCUT2D eigenvalue weighted by Gasteiger charge is -2.18. The Morgan fingerprint density at radius 2 is 0.810 bits per heavy atom. The average Bonchev–Trinajstić information content (AvgIpc) is 3.53. The highest BCUT2D eigenvalue weighted by molar-refractivity contribution is 9.10. The van der Waals surface area contributed by atoms with Gasteiger partial charge in [0, 0.05) is 43.6 Å². The molecule has 0 aliphatic heterocycles. The topological polar surface area (TPSA) is 68.5 Å². The lowest BCUT2D eigenvalue weighted by molar-refractivity contribution is 0.395. The molecule has 4 aromatic carbocycles. The summed E-state index contributed by atoms with van der Waals surface area (Å²) in [4.78, 5) is 7.37. The van der Waals surface area contributed by atoms with Crippen LogP contribution < -0.4 is 18.9 Å². The molecule has 0 fully saturated rings. The Labute approximate surface area is 261 Å². The molecule has 6 nitrogen and oxygen atoms in total. The minimum absolute atomic E-state index is 0.658. The van der Waals surface area contributed by atoms with E-state index in [4.69, 9.17) is 18.9 Å². The lowest BCUT2D eigenvalue weighted by atomic mass is 9.93. The van der Waals surface area contributed by atoms with E-state index in [1.54, 1.807) is 28.4 Å². The van der Waals surface area contributed by atoms with Crippen molar-refractivity contribution in [3.63, 3.8) is 0 Å². The van der Waals surface area contributed by atoms with E-state index in [1.807, 2.05) is 36.4 Å². The number of H-pyrrole nitrogens is 2. The number of benzene rings is 4. The molecular formula is C34H30Br2N2O4. The first-order valence-electron chi connectivity index (χ1n) is 13.4. The van der Waals surface area contributed by atoms with Gasteiger partial charge in [0.1, 0.15) is 23.0 Å². The molecule has 2 aromatic heterocycles. The number of aromatic amines is 2. The first kappa shape index (κ1) is 28.2. The Morgan fingerprint density at radius 3 is 1.12 bits per heavy atom. The second kappa shape index (κ2) is 11.1. The van der Waals surface area contributed by atoms with Crippen LogP contribution in [0.2, 0.25) is 0 Å². The summed E-state index contributed by atoms with van der Waals surface area (Å²) in [6.07, 6.45) is 0. The summed E-state index contributed by atoms with van der Waals surface area (Å²) in [5.74, 6) is 2.75. The Hall–Kier alpha value is -3.88. The molecule has 0 amide bonds. The molecule has 2 N–H and O–H groups in total. The average molecular weight is 690 g/mol. The van der Waals surface area contributed by atoms with Crippen LogP contribution in [0.1, 0.15) is 11.4 Å². The van der Waals surface area contributed by atoms with Crippen molar-refractivity contribution in [1.29, 1.82) is 0 Å². The minimum atomic E-state index is 0.658. The first-order valence-corrected chi connectivity index (χ1v) is 15.0. The van der Waals surface area contributed by atoms with E-state index in [9.17, 15) is 0 Å². The van der Waals surface area contributed by atoms with Crippen molar-refractivity contribution < 1.29 is 18.9 Å². The van der Waals surface area contributed by atoms with Gasteiger partial charge < -0.3 is 28.9 Å². The normalized spacial score (nSPS) is 11.3. The highest BCUT2D eigenvalue weighted by atomic mass is 79.9. The van der Waals surface area contributed by atoms with Crippen LogP contribution in [0, 0.1) is 13.8 Å². The molecule has 0 saturated heterocycles. The van der Waals surface area contributed by atoms with Gasteiger partial charge in [-0.2, -0.15) is 0 Å². The van der Waals surface area contributed by atoms with Gasteiger partial charge in [-0.1, -0.05) is 56.1 Å². The first-order chi connectivity index (χ1) is 20.3. The molecule has 214 valence electrons. The maximum Gasteiger partial charge on any atom is 0.132 e. The summed E-state index contributed by atoms with van der Waals surface area (Å²) in [6, 6.07) is 20.5. The van der Waals surface area contributed by atoms with Crippen LogP contribution in [0.25, 0.3) is 55.2 Å². The lowest BCUT2D eigenvalue weighted by Crippen LogP contribution is -1.98. The van der Waals surface area contributed by atoms with Gasteiger partial charge in [0.05, 0.1) is 61.4 Å². The smallest absolute Gasteiger partial charge is 0.132 e. The molecule has 0 aliphatic carbocycles. The molecular weight excluding hydrogens is 660 g/mol. The van der Waals surface area contributed by atoms with Crippen LogP contribution >= 0.6 is 31.9 Å². The fourth-order valence-electron chi connectivity index (χ4n) is 5.99. The molecule has 0 aliphatic rings. The standard InChI is InChI=1S/C34H30Br2N2O4/c1-17-27(19-7-11-21(35)12-8-19)29-23(39-3)15-25(41-5)31(33(29)37-17)32-26(42-6)16-24(40-4)30-28(18(2)38-34(30)32)20-9-13-22(36)14-10-20/h7-16,37-38H,1-6H3. The van der Waals surface area contributed by atoms with E-state index >= 15 is 0 Å². The number of nitrogens with one attached hydrogen (secondary N) is 2. The van der Waals surface area contributed by atoms with Gasteiger partial charge in [-0.25, -0.2) is 0 Å². The number of hydrogen-bond donors (Lipinski definition) is 2. The van der Waals surface area contributed by atoms with Crippen LogP contribution in [-0.2, 0) is 0 Å². The summed E-state index contributed by atoms with van der Waals surface area (Å²) in [7, 11) is 6.73. The van der Waals surface area contributed by atoms with E-state index < -0.39 is 0 Å². The number of hydrogen-bond acceptors (Lipinski definition) is 4. The summed E-state index contributed by atoms with van der Waals surface area (Å²) in [6.45, 7) is 4.16.